The topological polar surface area (TPSA) is 94.7 Å². The van der Waals surface area contributed by atoms with Crippen molar-refractivity contribution in [2.24, 2.45) is 0 Å². The summed E-state index contributed by atoms with van der Waals surface area (Å²) < 4.78 is 0. The molecule has 0 aliphatic carbocycles. The first-order valence-corrected chi connectivity index (χ1v) is 17.7. The van der Waals surface area contributed by atoms with E-state index in [1.54, 1.807) is 6.07 Å². The van der Waals surface area contributed by atoms with Crippen molar-refractivity contribution in [1.29, 1.82) is 0 Å². The SMILES string of the molecule is O=[N+]([O-])c1ccc2nc(-c3ccccc3)c(-[c-]3cccc3)nc2c1.[Fe+2].[Fe+3].[c-]1ccc2nc(-c3ccccc3)c(-[c-]3cccc3)nc2c1.c1cc[cH-]c1.c1cc[cH-]c1. The summed E-state index contributed by atoms with van der Waals surface area (Å²) in [7, 11) is 0. The number of nitro groups is 1. The van der Waals surface area contributed by atoms with Gasteiger partial charge >= 0.3 is 34.1 Å². The molecule has 8 aromatic carbocycles. The van der Waals surface area contributed by atoms with Gasteiger partial charge in [0, 0.05) is 34.9 Å². The summed E-state index contributed by atoms with van der Waals surface area (Å²) in [6.45, 7) is 0. The Balaban J connectivity index is 0.000000171. The fourth-order valence-electron chi connectivity index (χ4n) is 5.80. The van der Waals surface area contributed by atoms with E-state index in [4.69, 9.17) is 15.0 Å². The van der Waals surface area contributed by atoms with Crippen molar-refractivity contribution >= 4 is 27.8 Å². The van der Waals surface area contributed by atoms with E-state index in [2.05, 4.69) is 35.3 Å². The Morgan fingerprint density at radius 2 is 0.982 bits per heavy atom. The van der Waals surface area contributed by atoms with Crippen molar-refractivity contribution in [1.82, 2.24) is 19.9 Å². The number of fused-ring (bicyclic) bond motifs is 2. The number of hydrogen-bond donors (Lipinski definition) is 0. The largest absolute Gasteiger partial charge is 3.00 e. The Labute approximate surface area is 352 Å². The van der Waals surface area contributed by atoms with Gasteiger partial charge in [-0.1, -0.05) is 71.8 Å². The quantitative estimate of drug-likeness (QED) is 0.0742. The average Bonchev–Trinajstić information content (AvgIpc) is 4.11. The molecular weight excluding hydrogens is 790 g/mol. The van der Waals surface area contributed by atoms with Crippen LogP contribution in [0.1, 0.15) is 0 Å². The summed E-state index contributed by atoms with van der Waals surface area (Å²) in [6, 6.07) is 69.3. The van der Waals surface area contributed by atoms with Crippen molar-refractivity contribution < 1.29 is 39.1 Å². The third-order valence-electron chi connectivity index (χ3n) is 8.45. The first kappa shape index (κ1) is 41.6. The molecule has 57 heavy (non-hydrogen) atoms. The molecule has 10 rings (SSSR count). The van der Waals surface area contributed by atoms with Crippen LogP contribution in [-0.2, 0) is 34.1 Å². The van der Waals surface area contributed by atoms with Crippen LogP contribution in [0.25, 0.3) is 67.1 Å². The Morgan fingerprint density at radius 1 is 0.526 bits per heavy atom. The molecule has 0 N–H and O–H groups in total. The van der Waals surface area contributed by atoms with Crippen molar-refractivity contribution in [2.45, 2.75) is 0 Å². The van der Waals surface area contributed by atoms with Crippen molar-refractivity contribution in [3.63, 3.8) is 0 Å². The van der Waals surface area contributed by atoms with Gasteiger partial charge in [-0.05, 0) is 28.2 Å². The van der Waals surface area contributed by atoms with Crippen LogP contribution in [0.3, 0.4) is 0 Å². The molecule has 0 aliphatic rings. The van der Waals surface area contributed by atoms with Gasteiger partial charge in [0.1, 0.15) is 0 Å². The van der Waals surface area contributed by atoms with Crippen LogP contribution in [0.2, 0.25) is 0 Å². The average molecular weight is 825 g/mol. The summed E-state index contributed by atoms with van der Waals surface area (Å²) in [4.78, 5) is 29.6. The minimum Gasteiger partial charge on any atom is -0.328 e. The Morgan fingerprint density at radius 3 is 1.42 bits per heavy atom. The second-order valence-electron chi connectivity index (χ2n) is 12.2. The maximum absolute atomic E-state index is 11.0. The van der Waals surface area contributed by atoms with Gasteiger partial charge in [-0.2, -0.15) is 72.8 Å². The van der Waals surface area contributed by atoms with Crippen molar-refractivity contribution in [3.8, 4) is 45.0 Å². The molecule has 0 atom stereocenters. The Hall–Kier alpha value is -6.60. The molecule has 279 valence electrons. The monoisotopic (exact) mass is 824 g/mol. The minimum absolute atomic E-state index is 0. The molecule has 0 saturated heterocycles. The molecule has 0 spiro atoms. The first-order valence-electron chi connectivity index (χ1n) is 17.7. The minimum atomic E-state index is -0.422. The van der Waals surface area contributed by atoms with E-state index < -0.39 is 4.92 Å². The number of benzene rings is 4. The molecule has 2 heterocycles. The van der Waals surface area contributed by atoms with Gasteiger partial charge in [0.05, 0.1) is 16.0 Å². The summed E-state index contributed by atoms with van der Waals surface area (Å²) >= 11 is 0. The molecule has 10 aromatic rings. The number of non-ortho nitro benzene ring substituents is 1. The fraction of sp³-hybridized carbons (Fsp3) is 0. The maximum Gasteiger partial charge on any atom is 3.00 e. The van der Waals surface area contributed by atoms with Gasteiger partial charge in [-0.25, -0.2) is 24.3 Å². The van der Waals surface area contributed by atoms with Gasteiger partial charge in [-0.15, -0.1) is 36.4 Å². The molecule has 0 aliphatic heterocycles. The van der Waals surface area contributed by atoms with E-state index in [1.807, 2.05) is 164 Å². The van der Waals surface area contributed by atoms with E-state index in [0.717, 1.165) is 56.1 Å². The zero-order valence-electron chi connectivity index (χ0n) is 30.4. The third-order valence-corrected chi connectivity index (χ3v) is 8.45. The summed E-state index contributed by atoms with van der Waals surface area (Å²) in [5, 5.41) is 11.0. The molecule has 0 bridgehead atoms. The molecule has 7 nitrogen and oxygen atoms in total. The van der Waals surface area contributed by atoms with Gasteiger partial charge in [-0.3, -0.25) is 20.1 Å². The van der Waals surface area contributed by atoms with Crippen LogP contribution < -0.4 is 0 Å². The van der Waals surface area contributed by atoms with E-state index in [9.17, 15) is 10.1 Å². The number of hydrogen-bond acceptors (Lipinski definition) is 6. The van der Waals surface area contributed by atoms with E-state index >= 15 is 0 Å². The fourth-order valence-corrected chi connectivity index (χ4v) is 5.80. The molecule has 0 amide bonds. The van der Waals surface area contributed by atoms with Gasteiger partial charge in [0.2, 0.25) is 0 Å². The van der Waals surface area contributed by atoms with Crippen molar-refractivity contribution in [3.05, 3.63) is 222 Å². The van der Waals surface area contributed by atoms with Gasteiger partial charge in [0.15, 0.2) is 0 Å². The van der Waals surface area contributed by atoms with Crippen LogP contribution in [-0.4, -0.2) is 24.9 Å². The normalized spacial score (nSPS) is 9.96. The predicted molar refractivity (Wildman–Crippen MR) is 222 cm³/mol. The molecule has 9 heteroatoms. The van der Waals surface area contributed by atoms with E-state index in [0.29, 0.717) is 11.0 Å². The van der Waals surface area contributed by atoms with Crippen LogP contribution in [0, 0.1) is 16.2 Å². The molecular formula is C48H34Fe2N5O2. The smallest absolute Gasteiger partial charge is 0.328 e. The van der Waals surface area contributed by atoms with Crippen LogP contribution in [0.5, 0.6) is 0 Å². The number of aromatic nitrogens is 4. The Bertz CT molecular complexity index is 2600. The van der Waals surface area contributed by atoms with Crippen LogP contribution in [0.15, 0.2) is 206 Å². The summed E-state index contributed by atoms with van der Waals surface area (Å²) in [5.41, 5.74) is 10.3. The number of nitro benzene ring substituents is 1. The molecule has 2 aromatic heterocycles. The van der Waals surface area contributed by atoms with Crippen LogP contribution >= 0.6 is 0 Å². The molecule has 1 radical (unpaired) electrons. The maximum atomic E-state index is 11.0. The summed E-state index contributed by atoms with van der Waals surface area (Å²) in [5.74, 6) is 0. The molecule has 0 fully saturated rings. The van der Waals surface area contributed by atoms with E-state index in [1.165, 1.54) is 12.1 Å². The standard InChI is InChI=1S/C19H12N3O2.C19H12N2.2C5H5.2Fe/c23-22(24)15-10-11-16-17(12-15)21-19(14-8-4-5-9-14)18(20-16)13-6-2-1-3-7-13;1-2-8-14(9-3-1)18-19(15-10-4-5-11-15)21-17-13-7-6-12-16(17)20-18;2*1-2-4-5-3-1;;/h1-12H;1-6,8-13H;2*1-5H;;/q-1;-2;2*-1;+2;+3. The zero-order valence-corrected chi connectivity index (χ0v) is 32.6. The number of rotatable bonds is 5. The van der Waals surface area contributed by atoms with Gasteiger partial charge < -0.3 is 9.97 Å². The summed E-state index contributed by atoms with van der Waals surface area (Å²) in [6.07, 6.45) is 0. The molecule has 0 unspecified atom stereocenters. The second kappa shape index (κ2) is 20.9. The molecule has 0 saturated carbocycles. The zero-order chi connectivity index (χ0) is 37.7. The number of nitrogens with zero attached hydrogens (tertiary/aromatic N) is 5. The Kier molecular flexibility index (Phi) is 15.2. The third kappa shape index (κ3) is 10.8. The van der Waals surface area contributed by atoms with E-state index in [-0.39, 0.29) is 39.8 Å². The van der Waals surface area contributed by atoms with Crippen molar-refractivity contribution in [2.75, 3.05) is 0 Å². The predicted octanol–water partition coefficient (Wildman–Crippen LogP) is 11.9. The first-order chi connectivity index (χ1) is 27.1. The van der Waals surface area contributed by atoms with Gasteiger partial charge in [0.25, 0.3) is 5.69 Å². The van der Waals surface area contributed by atoms with Crippen LogP contribution in [0.4, 0.5) is 5.69 Å². The second-order valence-corrected chi connectivity index (χ2v) is 12.2.